The molecule has 0 amide bonds. The van der Waals surface area contributed by atoms with Crippen LogP contribution >= 0.6 is 0 Å². The summed E-state index contributed by atoms with van der Waals surface area (Å²) in [4.78, 5) is 60.8. The smallest absolute Gasteiger partial charge is 0.168 e. The number of carbonyl (C=O) groups is 3. The van der Waals surface area contributed by atoms with E-state index >= 15 is 0 Å². The predicted molar refractivity (Wildman–Crippen MR) is 182 cm³/mol. The van der Waals surface area contributed by atoms with Crippen LogP contribution in [0.25, 0.3) is 67.5 Å². The molecule has 0 aliphatic heterocycles. The topological polar surface area (TPSA) is 129 Å². The molecular formula is C39H24N6O3. The first-order valence-corrected chi connectivity index (χ1v) is 14.9. The molecule has 0 N–H and O–H groups in total. The van der Waals surface area contributed by atoms with Gasteiger partial charge >= 0.3 is 0 Å². The Hall–Kier alpha value is -6.87. The Balaban J connectivity index is 1.35. The van der Waals surface area contributed by atoms with Gasteiger partial charge in [-0.1, -0.05) is 72.8 Å². The second-order valence-electron chi connectivity index (χ2n) is 10.8. The molecule has 7 aromatic rings. The molecule has 9 nitrogen and oxygen atoms in total. The van der Waals surface area contributed by atoms with Crippen LogP contribution in [0.1, 0.15) is 31.5 Å². The van der Waals surface area contributed by atoms with Crippen molar-refractivity contribution in [1.29, 1.82) is 0 Å². The van der Waals surface area contributed by atoms with Crippen LogP contribution in [-0.2, 0) is 0 Å². The highest BCUT2D eigenvalue weighted by atomic mass is 16.1. The van der Waals surface area contributed by atoms with Crippen molar-refractivity contribution in [3.05, 3.63) is 145 Å². The van der Waals surface area contributed by atoms with Crippen molar-refractivity contribution in [3.63, 3.8) is 0 Å². The summed E-state index contributed by atoms with van der Waals surface area (Å²) < 4.78 is 0. The molecule has 3 aromatic carbocycles. The molecule has 0 saturated heterocycles. The Kier molecular flexibility index (Phi) is 8.22. The van der Waals surface area contributed by atoms with Gasteiger partial charge in [0.25, 0.3) is 0 Å². The van der Waals surface area contributed by atoms with Gasteiger partial charge in [-0.25, -0.2) is 15.0 Å². The standard InChI is InChI=1S/C39H24N6O3/c46-22-34-13-10-31(19-40-34)25-4-1-7-28(16-25)37-43-38(29-8-2-5-26(17-29)32-11-14-35(23-47)41-20-32)45-39(44-37)30-9-3-6-27(18-30)33-12-15-36(24-48)42-21-33/h1-24H. The third kappa shape index (κ3) is 6.29. The fraction of sp³-hybridized carbons (Fsp3) is 0. The van der Waals surface area contributed by atoms with Gasteiger partial charge in [-0.2, -0.15) is 0 Å². The number of rotatable bonds is 9. The maximum atomic E-state index is 11.1. The van der Waals surface area contributed by atoms with E-state index in [2.05, 4.69) is 15.0 Å². The quantitative estimate of drug-likeness (QED) is 0.150. The molecule has 0 radical (unpaired) electrons. The largest absolute Gasteiger partial charge is 0.296 e. The fourth-order valence-corrected chi connectivity index (χ4v) is 5.21. The first kappa shape index (κ1) is 29.8. The SMILES string of the molecule is O=Cc1ccc(-c2cccc(-c3nc(-c4cccc(-c5ccc(C=O)nc5)c4)nc(-c4cccc(-c5ccc(C=O)nc5)c4)n3)c2)cn1. The van der Waals surface area contributed by atoms with Crippen molar-refractivity contribution in [1.82, 2.24) is 29.9 Å². The lowest BCUT2D eigenvalue weighted by Gasteiger charge is -2.11. The summed E-state index contributed by atoms with van der Waals surface area (Å²) in [6.07, 6.45) is 7.13. The van der Waals surface area contributed by atoms with E-state index in [1.54, 1.807) is 36.8 Å². The Bertz CT molecular complexity index is 2020. The molecule has 0 spiro atoms. The van der Waals surface area contributed by atoms with Crippen molar-refractivity contribution >= 4 is 18.9 Å². The van der Waals surface area contributed by atoms with E-state index in [9.17, 15) is 14.4 Å². The maximum Gasteiger partial charge on any atom is 0.168 e. The third-order valence-corrected chi connectivity index (χ3v) is 7.72. The van der Waals surface area contributed by atoms with Crippen molar-refractivity contribution in [2.45, 2.75) is 0 Å². The average molecular weight is 625 g/mol. The molecule has 4 heterocycles. The number of benzene rings is 3. The first-order valence-electron chi connectivity index (χ1n) is 14.9. The average Bonchev–Trinajstić information content (AvgIpc) is 3.18. The lowest BCUT2D eigenvalue weighted by Crippen LogP contribution is -2.00. The van der Waals surface area contributed by atoms with Crippen LogP contribution in [0.3, 0.4) is 0 Å². The predicted octanol–water partition coefficient (Wildman–Crippen LogP) is 7.50. The zero-order valence-corrected chi connectivity index (χ0v) is 25.3. The second-order valence-corrected chi connectivity index (χ2v) is 10.8. The minimum atomic E-state index is 0.358. The van der Waals surface area contributed by atoms with E-state index in [4.69, 9.17) is 15.0 Å². The fourth-order valence-electron chi connectivity index (χ4n) is 5.21. The third-order valence-electron chi connectivity index (χ3n) is 7.72. The van der Waals surface area contributed by atoms with Gasteiger partial charge in [0.15, 0.2) is 36.3 Å². The summed E-state index contributed by atoms with van der Waals surface area (Å²) in [6.45, 7) is 0. The van der Waals surface area contributed by atoms with Gasteiger partial charge in [-0.3, -0.25) is 29.3 Å². The number of pyridine rings is 3. The summed E-state index contributed by atoms with van der Waals surface area (Å²) in [7, 11) is 0. The zero-order chi connectivity index (χ0) is 32.9. The summed E-state index contributed by atoms with van der Waals surface area (Å²) in [5.41, 5.74) is 8.60. The van der Waals surface area contributed by atoms with Crippen LogP contribution < -0.4 is 0 Å². The highest BCUT2D eigenvalue weighted by molar-refractivity contribution is 5.78. The number of aromatic nitrogens is 6. The maximum absolute atomic E-state index is 11.1. The molecule has 0 aliphatic rings. The number of carbonyl (C=O) groups excluding carboxylic acids is 3. The van der Waals surface area contributed by atoms with Crippen molar-refractivity contribution in [2.75, 3.05) is 0 Å². The minimum absolute atomic E-state index is 0.358. The Labute approximate surface area is 275 Å². The number of hydrogen-bond acceptors (Lipinski definition) is 9. The second kappa shape index (κ2) is 13.2. The number of hydrogen-bond donors (Lipinski definition) is 0. The van der Waals surface area contributed by atoms with Crippen LogP contribution in [-0.4, -0.2) is 48.8 Å². The number of nitrogens with zero attached hydrogens (tertiary/aromatic N) is 6. The van der Waals surface area contributed by atoms with E-state index in [1.165, 1.54) is 0 Å². The van der Waals surface area contributed by atoms with E-state index in [0.717, 1.165) is 50.1 Å². The highest BCUT2D eigenvalue weighted by Crippen LogP contribution is 2.31. The molecule has 9 heteroatoms. The summed E-state index contributed by atoms with van der Waals surface area (Å²) >= 11 is 0. The monoisotopic (exact) mass is 624 g/mol. The first-order chi connectivity index (χ1) is 23.6. The molecular weight excluding hydrogens is 600 g/mol. The molecule has 48 heavy (non-hydrogen) atoms. The van der Waals surface area contributed by atoms with Crippen molar-refractivity contribution in [2.24, 2.45) is 0 Å². The highest BCUT2D eigenvalue weighted by Gasteiger charge is 2.15. The lowest BCUT2D eigenvalue weighted by atomic mass is 10.0. The molecule has 0 saturated carbocycles. The normalized spacial score (nSPS) is 10.8. The van der Waals surface area contributed by atoms with E-state index in [-0.39, 0.29) is 0 Å². The van der Waals surface area contributed by atoms with Crippen LogP contribution in [0.5, 0.6) is 0 Å². The van der Waals surface area contributed by atoms with Gasteiger partial charge in [0, 0.05) is 52.0 Å². The van der Waals surface area contributed by atoms with Gasteiger partial charge in [0.05, 0.1) is 0 Å². The van der Waals surface area contributed by atoms with E-state index in [1.807, 2.05) is 91.0 Å². The van der Waals surface area contributed by atoms with Gasteiger partial charge in [-0.15, -0.1) is 0 Å². The Morgan fingerprint density at radius 3 is 0.875 bits per heavy atom. The molecule has 0 fully saturated rings. The van der Waals surface area contributed by atoms with Crippen molar-refractivity contribution < 1.29 is 14.4 Å². The van der Waals surface area contributed by atoms with Gasteiger partial charge in [0.1, 0.15) is 17.1 Å². The van der Waals surface area contributed by atoms with Crippen LogP contribution in [0.4, 0.5) is 0 Å². The summed E-state index contributed by atoms with van der Waals surface area (Å²) in [5.74, 6) is 1.41. The van der Waals surface area contributed by atoms with Gasteiger partial charge in [-0.05, 0) is 53.1 Å². The van der Waals surface area contributed by atoms with Crippen LogP contribution in [0.15, 0.2) is 128 Å². The minimum Gasteiger partial charge on any atom is -0.296 e. The summed E-state index contributed by atoms with van der Waals surface area (Å²) in [6, 6.07) is 34.0. The van der Waals surface area contributed by atoms with E-state index < -0.39 is 0 Å². The van der Waals surface area contributed by atoms with Gasteiger partial charge in [0.2, 0.25) is 0 Å². The Morgan fingerprint density at radius 2 is 0.625 bits per heavy atom. The molecule has 4 aromatic heterocycles. The van der Waals surface area contributed by atoms with Crippen molar-refractivity contribution in [3.8, 4) is 67.5 Å². The molecule has 0 atom stereocenters. The van der Waals surface area contributed by atoms with Crippen LogP contribution in [0, 0.1) is 0 Å². The van der Waals surface area contributed by atoms with Crippen LogP contribution in [0.2, 0.25) is 0 Å². The molecule has 0 bridgehead atoms. The Morgan fingerprint density at radius 1 is 0.333 bits per heavy atom. The van der Waals surface area contributed by atoms with E-state index in [0.29, 0.717) is 53.4 Å². The zero-order valence-electron chi connectivity index (χ0n) is 25.3. The molecule has 228 valence electrons. The molecule has 7 rings (SSSR count). The van der Waals surface area contributed by atoms with Gasteiger partial charge < -0.3 is 0 Å². The summed E-state index contributed by atoms with van der Waals surface area (Å²) in [5, 5.41) is 0. The molecule has 0 aliphatic carbocycles. The molecule has 0 unspecified atom stereocenters. The number of aldehydes is 3. The lowest BCUT2D eigenvalue weighted by molar-refractivity contribution is 0.111.